The van der Waals surface area contributed by atoms with Gasteiger partial charge >= 0.3 is 0 Å². The first-order valence-corrected chi connectivity index (χ1v) is 11.6. The van der Waals surface area contributed by atoms with Crippen molar-refractivity contribution >= 4 is 62.5 Å². The Morgan fingerprint density at radius 2 is 1.88 bits per heavy atom. The number of ether oxygens (including phenoxy) is 2. The molecule has 0 aliphatic carbocycles. The monoisotopic (exact) mass is 542 g/mol. The first-order chi connectivity index (χ1) is 15.9. The molecule has 4 rings (SSSR count). The number of aryl methyl sites for hydroxylation is 1. The third-order valence-electron chi connectivity index (χ3n) is 5.13. The Labute approximate surface area is 211 Å². The van der Waals surface area contributed by atoms with Crippen LogP contribution in [-0.4, -0.2) is 18.1 Å². The van der Waals surface area contributed by atoms with Gasteiger partial charge in [-0.3, -0.25) is 9.69 Å². The largest absolute Gasteiger partial charge is 0.496 e. The number of halogens is 2. The molecule has 5 nitrogen and oxygen atoms in total. The number of amides is 1. The van der Waals surface area contributed by atoms with Crippen LogP contribution < -0.4 is 19.7 Å². The van der Waals surface area contributed by atoms with Gasteiger partial charge in [0, 0.05) is 10.0 Å². The minimum atomic E-state index is -0.204. The maximum Gasteiger partial charge on any atom is 0.281 e. The van der Waals surface area contributed by atoms with Gasteiger partial charge in [-0.25, -0.2) is 0 Å². The van der Waals surface area contributed by atoms with Gasteiger partial charge in [-0.05, 0) is 72.7 Å². The number of carbonyl (C=O) groups is 1. The summed E-state index contributed by atoms with van der Waals surface area (Å²) < 4.78 is 12.3. The van der Waals surface area contributed by atoms with Gasteiger partial charge in [0.2, 0.25) is 0 Å². The van der Waals surface area contributed by atoms with Crippen LogP contribution in [0.15, 0.2) is 70.8 Å². The van der Waals surface area contributed by atoms with E-state index in [0.717, 1.165) is 26.9 Å². The van der Waals surface area contributed by atoms with E-state index in [-0.39, 0.29) is 12.5 Å². The van der Waals surface area contributed by atoms with Crippen molar-refractivity contribution in [3.8, 4) is 11.5 Å². The van der Waals surface area contributed by atoms with Crippen LogP contribution in [0.5, 0.6) is 11.5 Å². The fourth-order valence-electron chi connectivity index (χ4n) is 3.48. The number of benzene rings is 3. The van der Waals surface area contributed by atoms with Crippen LogP contribution in [0, 0.1) is 6.92 Å². The molecule has 8 heteroatoms. The highest BCUT2D eigenvalue weighted by molar-refractivity contribution is 9.10. The first kappa shape index (κ1) is 23.3. The van der Waals surface area contributed by atoms with Crippen molar-refractivity contribution in [1.82, 2.24) is 5.32 Å². The van der Waals surface area contributed by atoms with E-state index in [1.807, 2.05) is 55.5 Å². The second kappa shape index (κ2) is 9.95. The van der Waals surface area contributed by atoms with E-state index < -0.39 is 0 Å². The molecule has 0 saturated carbocycles. The fourth-order valence-corrected chi connectivity index (χ4v) is 4.50. The predicted octanol–water partition coefficient (Wildman–Crippen LogP) is 6.26. The van der Waals surface area contributed by atoms with Crippen LogP contribution in [0.25, 0.3) is 6.08 Å². The molecule has 1 fully saturated rings. The zero-order valence-electron chi connectivity index (χ0n) is 17.9. The normalized spacial score (nSPS) is 14.5. The van der Waals surface area contributed by atoms with E-state index in [4.69, 9.17) is 33.3 Å². The molecule has 1 aliphatic heterocycles. The van der Waals surface area contributed by atoms with Crippen molar-refractivity contribution in [3.05, 3.63) is 92.5 Å². The zero-order chi connectivity index (χ0) is 23.5. The van der Waals surface area contributed by atoms with Gasteiger partial charge in [0.1, 0.15) is 23.8 Å². The second-order valence-corrected chi connectivity index (χ2v) is 9.06. The molecule has 33 heavy (non-hydrogen) atoms. The van der Waals surface area contributed by atoms with Crippen molar-refractivity contribution in [2.24, 2.45) is 0 Å². The molecule has 1 heterocycles. The summed E-state index contributed by atoms with van der Waals surface area (Å²) in [7, 11) is 1.60. The number of hydrogen-bond donors (Lipinski definition) is 1. The predicted molar refractivity (Wildman–Crippen MR) is 139 cm³/mol. The van der Waals surface area contributed by atoms with E-state index in [0.29, 0.717) is 27.3 Å². The average Bonchev–Trinajstić information content (AvgIpc) is 3.06. The number of nitrogens with one attached hydrogen (secondary N) is 1. The fraction of sp³-hybridized carbons (Fsp3) is 0.120. The molecule has 3 aromatic rings. The number of carbonyl (C=O) groups excluding carboxylic acids is 1. The second-order valence-electron chi connectivity index (χ2n) is 7.35. The number of rotatable bonds is 6. The highest BCUT2D eigenvalue weighted by Gasteiger charge is 2.32. The summed E-state index contributed by atoms with van der Waals surface area (Å²) >= 11 is 15.1. The molecule has 1 N–H and O–H groups in total. The molecular formula is C25H20BrClN2O3S. The van der Waals surface area contributed by atoms with Gasteiger partial charge in [0.05, 0.1) is 17.8 Å². The number of para-hydroxylation sites is 1. The van der Waals surface area contributed by atoms with Crippen LogP contribution in [0.3, 0.4) is 0 Å². The minimum absolute atomic E-state index is 0.204. The van der Waals surface area contributed by atoms with E-state index in [1.54, 1.807) is 25.3 Å². The lowest BCUT2D eigenvalue weighted by atomic mass is 10.1. The number of anilines is 1. The summed E-state index contributed by atoms with van der Waals surface area (Å²) in [5.41, 5.74) is 3.75. The summed E-state index contributed by atoms with van der Waals surface area (Å²) in [5.74, 6) is 1.04. The lowest BCUT2D eigenvalue weighted by Gasteiger charge is -2.16. The molecule has 0 atom stereocenters. The van der Waals surface area contributed by atoms with E-state index in [1.165, 1.54) is 4.90 Å². The van der Waals surface area contributed by atoms with Crippen LogP contribution >= 0.6 is 39.7 Å². The SMILES string of the molecule is COc1ccc(/C=C2/NC(=S)N(c3ccccc3C)C2=O)cc1COc1ccc(Br)cc1Cl. The Balaban J connectivity index is 1.59. The van der Waals surface area contributed by atoms with Gasteiger partial charge in [0.15, 0.2) is 5.11 Å². The number of methoxy groups -OCH3 is 1. The summed E-state index contributed by atoms with van der Waals surface area (Å²) in [6.45, 7) is 2.19. The molecule has 1 aliphatic rings. The molecule has 0 aromatic heterocycles. The van der Waals surface area contributed by atoms with Crippen LogP contribution in [0.2, 0.25) is 5.02 Å². The van der Waals surface area contributed by atoms with Crippen LogP contribution in [0.1, 0.15) is 16.7 Å². The molecule has 3 aromatic carbocycles. The van der Waals surface area contributed by atoms with Crippen molar-refractivity contribution < 1.29 is 14.3 Å². The maximum absolute atomic E-state index is 13.1. The molecule has 0 spiro atoms. The van der Waals surface area contributed by atoms with Crippen LogP contribution in [-0.2, 0) is 11.4 Å². The van der Waals surface area contributed by atoms with Gasteiger partial charge < -0.3 is 14.8 Å². The quantitative estimate of drug-likeness (QED) is 0.294. The summed E-state index contributed by atoms with van der Waals surface area (Å²) in [5, 5.41) is 3.89. The molecule has 0 unspecified atom stereocenters. The van der Waals surface area contributed by atoms with Gasteiger partial charge in [-0.15, -0.1) is 0 Å². The summed E-state index contributed by atoms with van der Waals surface area (Å²) in [4.78, 5) is 14.6. The Hall–Kier alpha value is -2.87. The minimum Gasteiger partial charge on any atom is -0.496 e. The van der Waals surface area contributed by atoms with Gasteiger partial charge in [-0.1, -0.05) is 51.8 Å². The highest BCUT2D eigenvalue weighted by Crippen LogP contribution is 2.30. The molecule has 168 valence electrons. The average molecular weight is 544 g/mol. The molecular weight excluding hydrogens is 524 g/mol. The maximum atomic E-state index is 13.1. The van der Waals surface area contributed by atoms with Crippen LogP contribution in [0.4, 0.5) is 5.69 Å². The van der Waals surface area contributed by atoms with Gasteiger partial charge in [-0.2, -0.15) is 0 Å². The summed E-state index contributed by atoms with van der Waals surface area (Å²) in [6.07, 6.45) is 1.77. The number of hydrogen-bond acceptors (Lipinski definition) is 4. The Morgan fingerprint density at radius 1 is 1.12 bits per heavy atom. The molecule has 1 amide bonds. The van der Waals surface area contributed by atoms with Crippen molar-refractivity contribution in [2.45, 2.75) is 13.5 Å². The Kier molecular flexibility index (Phi) is 7.02. The molecule has 1 saturated heterocycles. The standard InChI is InChI=1S/C25H20BrClN2O3S/c1-15-5-3-4-6-21(15)29-24(30)20(28-25(29)33)12-16-7-9-22(31-2)17(11-16)14-32-23-10-8-18(26)13-19(23)27/h3-13H,14H2,1-2H3,(H,28,33)/b20-12+. The zero-order valence-corrected chi connectivity index (χ0v) is 21.1. The first-order valence-electron chi connectivity index (χ1n) is 10.0. The topological polar surface area (TPSA) is 50.8 Å². The van der Waals surface area contributed by atoms with Crippen molar-refractivity contribution in [2.75, 3.05) is 12.0 Å². The molecule has 0 radical (unpaired) electrons. The third-order valence-corrected chi connectivity index (χ3v) is 6.20. The Bertz CT molecular complexity index is 1280. The van der Waals surface area contributed by atoms with Crippen molar-refractivity contribution in [3.63, 3.8) is 0 Å². The Morgan fingerprint density at radius 3 is 2.61 bits per heavy atom. The van der Waals surface area contributed by atoms with E-state index in [2.05, 4.69) is 21.2 Å². The lowest BCUT2D eigenvalue weighted by Crippen LogP contribution is -2.30. The van der Waals surface area contributed by atoms with E-state index >= 15 is 0 Å². The van der Waals surface area contributed by atoms with Gasteiger partial charge in [0.25, 0.3) is 5.91 Å². The summed E-state index contributed by atoms with van der Waals surface area (Å²) in [6, 6.07) is 18.7. The molecule has 0 bridgehead atoms. The number of thiocarbonyl (C=S) groups is 1. The highest BCUT2D eigenvalue weighted by atomic mass is 79.9. The van der Waals surface area contributed by atoms with Crippen molar-refractivity contribution in [1.29, 1.82) is 0 Å². The third kappa shape index (κ3) is 5.05. The van der Waals surface area contributed by atoms with E-state index in [9.17, 15) is 4.79 Å². The number of nitrogens with zero attached hydrogens (tertiary/aromatic N) is 1. The smallest absolute Gasteiger partial charge is 0.281 e. The lowest BCUT2D eigenvalue weighted by molar-refractivity contribution is -0.113.